The van der Waals surface area contributed by atoms with Crippen LogP contribution < -0.4 is 9.46 Å². The van der Waals surface area contributed by atoms with Gasteiger partial charge < -0.3 is 14.4 Å². The van der Waals surface area contributed by atoms with Crippen molar-refractivity contribution >= 4 is 21.8 Å². The molecule has 0 fully saturated rings. The van der Waals surface area contributed by atoms with E-state index < -0.39 is 16.0 Å². The lowest BCUT2D eigenvalue weighted by Gasteiger charge is -2.07. The fourth-order valence-electron chi connectivity index (χ4n) is 1.43. The van der Waals surface area contributed by atoms with Crippen LogP contribution in [-0.2, 0) is 14.8 Å². The number of nitrogens with zero attached hydrogens (tertiary/aromatic N) is 1. The molecule has 0 radical (unpaired) electrons. The first-order valence-electron chi connectivity index (χ1n) is 5.85. The molecule has 0 bridgehead atoms. The summed E-state index contributed by atoms with van der Waals surface area (Å²) in [6.45, 7) is 0.0125. The molecule has 2 N–H and O–H groups in total. The molecule has 0 amide bonds. The second-order valence-electron chi connectivity index (χ2n) is 3.95. The summed E-state index contributed by atoms with van der Waals surface area (Å²) in [5.74, 6) is -0.501. The van der Waals surface area contributed by atoms with E-state index in [-0.39, 0.29) is 23.7 Å². The number of hydrogen-bond donors (Lipinski definition) is 2. The van der Waals surface area contributed by atoms with Crippen LogP contribution in [0.3, 0.4) is 0 Å². The smallest absolute Gasteiger partial charge is 0.306 e. The van der Waals surface area contributed by atoms with E-state index in [1.165, 1.54) is 36.6 Å². The number of anilines is 1. The zero-order valence-corrected chi connectivity index (χ0v) is 11.5. The highest BCUT2D eigenvalue weighted by Crippen LogP contribution is 2.18. The van der Waals surface area contributed by atoms with Gasteiger partial charge in [0.05, 0.1) is 17.9 Å². The Morgan fingerprint density at radius 1 is 1.29 bits per heavy atom. The summed E-state index contributed by atoms with van der Waals surface area (Å²) < 4.78 is 35.9. The van der Waals surface area contributed by atoms with Crippen molar-refractivity contribution in [1.82, 2.24) is 5.16 Å². The van der Waals surface area contributed by atoms with Gasteiger partial charge in [0.15, 0.2) is 5.82 Å². The Balaban J connectivity index is 2.02. The summed E-state index contributed by atoms with van der Waals surface area (Å²) in [4.78, 5) is 10.4. The summed E-state index contributed by atoms with van der Waals surface area (Å²) in [5, 5.41) is 11.9. The zero-order valence-electron chi connectivity index (χ0n) is 10.7. The van der Waals surface area contributed by atoms with Crippen molar-refractivity contribution in [3.63, 3.8) is 0 Å². The molecule has 2 rings (SSSR count). The van der Waals surface area contributed by atoms with Crippen LogP contribution in [0.15, 0.2) is 46.0 Å². The fraction of sp³-hybridized carbons (Fsp3) is 0.167. The molecule has 0 aliphatic heterocycles. The van der Waals surface area contributed by atoms with E-state index >= 15 is 0 Å². The van der Waals surface area contributed by atoms with Gasteiger partial charge in [-0.2, -0.15) is 0 Å². The number of carboxylic acids is 1. The SMILES string of the molecule is O=C(O)CCOc1ccc(S(=O)(=O)Nc2ccon2)cc1. The normalized spacial score (nSPS) is 11.0. The highest BCUT2D eigenvalue weighted by atomic mass is 32.2. The molecule has 0 saturated heterocycles. The Morgan fingerprint density at radius 2 is 2.00 bits per heavy atom. The van der Waals surface area contributed by atoms with Gasteiger partial charge in [0, 0.05) is 6.07 Å². The van der Waals surface area contributed by atoms with E-state index in [0.29, 0.717) is 5.75 Å². The zero-order chi connectivity index (χ0) is 15.3. The summed E-state index contributed by atoms with van der Waals surface area (Å²) in [6.07, 6.45) is 1.12. The highest BCUT2D eigenvalue weighted by molar-refractivity contribution is 7.92. The van der Waals surface area contributed by atoms with E-state index in [0.717, 1.165) is 0 Å². The Kier molecular flexibility index (Phi) is 4.43. The number of carbonyl (C=O) groups is 1. The first kappa shape index (κ1) is 14.9. The van der Waals surface area contributed by atoms with Crippen LogP contribution >= 0.6 is 0 Å². The summed E-state index contributed by atoms with van der Waals surface area (Å²) in [5.41, 5.74) is 0. The molecule has 0 unspecified atom stereocenters. The van der Waals surface area contributed by atoms with Crippen LogP contribution in [0.25, 0.3) is 0 Å². The van der Waals surface area contributed by atoms with E-state index in [9.17, 15) is 13.2 Å². The molecule has 0 aliphatic rings. The monoisotopic (exact) mass is 312 g/mol. The molecule has 9 heteroatoms. The van der Waals surface area contributed by atoms with Crippen molar-refractivity contribution in [3.8, 4) is 5.75 Å². The van der Waals surface area contributed by atoms with Crippen LogP contribution in [0.4, 0.5) is 5.82 Å². The summed E-state index contributed by atoms with van der Waals surface area (Å²) >= 11 is 0. The van der Waals surface area contributed by atoms with Crippen molar-refractivity contribution in [1.29, 1.82) is 0 Å². The van der Waals surface area contributed by atoms with Gasteiger partial charge in [-0.05, 0) is 24.3 Å². The standard InChI is InChI=1S/C12H12N2O6S/c15-12(16)6-7-19-9-1-3-10(4-2-9)21(17,18)14-11-5-8-20-13-11/h1-5,8H,6-7H2,(H,13,14)(H,15,16). The lowest BCUT2D eigenvalue weighted by molar-refractivity contribution is -0.137. The minimum absolute atomic E-state index is 0.0125. The Morgan fingerprint density at radius 3 is 2.57 bits per heavy atom. The minimum Gasteiger partial charge on any atom is -0.493 e. The number of carboxylic acid groups (broad SMARTS) is 1. The number of benzene rings is 1. The molecule has 1 aromatic heterocycles. The fourth-order valence-corrected chi connectivity index (χ4v) is 2.43. The van der Waals surface area contributed by atoms with Gasteiger partial charge in [0.1, 0.15) is 12.0 Å². The van der Waals surface area contributed by atoms with Crippen molar-refractivity contribution in [2.45, 2.75) is 11.3 Å². The van der Waals surface area contributed by atoms with E-state index in [1.54, 1.807) is 0 Å². The topological polar surface area (TPSA) is 119 Å². The van der Waals surface area contributed by atoms with Gasteiger partial charge >= 0.3 is 5.97 Å². The number of rotatable bonds is 7. The van der Waals surface area contributed by atoms with Gasteiger partial charge in [-0.25, -0.2) is 8.42 Å². The number of ether oxygens (including phenoxy) is 1. The molecule has 2 aromatic rings. The maximum absolute atomic E-state index is 12.0. The van der Waals surface area contributed by atoms with E-state index in [2.05, 4.69) is 14.4 Å². The molecular weight excluding hydrogens is 300 g/mol. The molecule has 1 heterocycles. The van der Waals surface area contributed by atoms with Crippen molar-refractivity contribution in [2.24, 2.45) is 0 Å². The Bertz CT molecular complexity index is 694. The predicted octanol–water partition coefficient (Wildman–Crippen LogP) is 1.33. The molecule has 0 spiro atoms. The minimum atomic E-state index is -3.76. The van der Waals surface area contributed by atoms with Crippen LogP contribution in [0.5, 0.6) is 5.75 Å². The third kappa shape index (κ3) is 4.21. The molecule has 112 valence electrons. The van der Waals surface area contributed by atoms with E-state index in [1.807, 2.05) is 0 Å². The third-order valence-electron chi connectivity index (χ3n) is 2.40. The van der Waals surface area contributed by atoms with E-state index in [4.69, 9.17) is 9.84 Å². The van der Waals surface area contributed by atoms with Gasteiger partial charge in [-0.15, -0.1) is 0 Å². The Labute approximate surface area is 120 Å². The van der Waals surface area contributed by atoms with Gasteiger partial charge in [0.25, 0.3) is 10.0 Å². The average molecular weight is 312 g/mol. The third-order valence-corrected chi connectivity index (χ3v) is 3.77. The molecular formula is C12H12N2O6S. The van der Waals surface area contributed by atoms with Crippen molar-refractivity contribution in [3.05, 3.63) is 36.6 Å². The first-order chi connectivity index (χ1) is 9.97. The molecule has 1 aromatic carbocycles. The van der Waals surface area contributed by atoms with Gasteiger partial charge in [-0.3, -0.25) is 9.52 Å². The maximum Gasteiger partial charge on any atom is 0.306 e. The molecule has 8 nitrogen and oxygen atoms in total. The number of hydrogen-bond acceptors (Lipinski definition) is 6. The largest absolute Gasteiger partial charge is 0.493 e. The molecule has 0 aliphatic carbocycles. The van der Waals surface area contributed by atoms with Crippen LogP contribution in [0.1, 0.15) is 6.42 Å². The predicted molar refractivity (Wildman–Crippen MR) is 71.5 cm³/mol. The van der Waals surface area contributed by atoms with Gasteiger partial charge in [-0.1, -0.05) is 5.16 Å². The number of sulfonamides is 1. The summed E-state index contributed by atoms with van der Waals surface area (Å²) in [7, 11) is -3.76. The number of nitrogens with one attached hydrogen (secondary N) is 1. The van der Waals surface area contributed by atoms with Crippen molar-refractivity contribution < 1.29 is 27.6 Å². The lowest BCUT2D eigenvalue weighted by atomic mass is 10.3. The molecule has 0 saturated carbocycles. The molecule has 21 heavy (non-hydrogen) atoms. The number of aliphatic carboxylic acids is 1. The highest BCUT2D eigenvalue weighted by Gasteiger charge is 2.15. The summed E-state index contributed by atoms with van der Waals surface area (Å²) in [6, 6.07) is 6.95. The van der Waals surface area contributed by atoms with Crippen LogP contribution in [-0.4, -0.2) is 31.3 Å². The second kappa shape index (κ2) is 6.27. The average Bonchev–Trinajstić information content (AvgIpc) is 2.91. The van der Waals surface area contributed by atoms with Crippen LogP contribution in [0.2, 0.25) is 0 Å². The quantitative estimate of drug-likeness (QED) is 0.791. The maximum atomic E-state index is 12.0. The number of aromatic nitrogens is 1. The Hall–Kier alpha value is -2.55. The van der Waals surface area contributed by atoms with Crippen LogP contribution in [0, 0.1) is 0 Å². The first-order valence-corrected chi connectivity index (χ1v) is 7.33. The molecule has 0 atom stereocenters. The second-order valence-corrected chi connectivity index (χ2v) is 5.64. The lowest BCUT2D eigenvalue weighted by Crippen LogP contribution is -2.13. The van der Waals surface area contributed by atoms with Gasteiger partial charge in [0.2, 0.25) is 0 Å². The van der Waals surface area contributed by atoms with Crippen molar-refractivity contribution in [2.75, 3.05) is 11.3 Å².